The minimum absolute atomic E-state index is 0.0747. The highest BCUT2D eigenvalue weighted by Crippen LogP contribution is 2.46. The van der Waals surface area contributed by atoms with Crippen molar-refractivity contribution in [3.05, 3.63) is 96.1 Å². The van der Waals surface area contributed by atoms with Crippen LogP contribution < -0.4 is 20.9 Å². The van der Waals surface area contributed by atoms with E-state index in [-0.39, 0.29) is 22.9 Å². The second kappa shape index (κ2) is 10.2. The van der Waals surface area contributed by atoms with Crippen molar-refractivity contribution in [3.8, 4) is 23.0 Å². The topological polar surface area (TPSA) is 70.5 Å². The van der Waals surface area contributed by atoms with Crippen LogP contribution in [0.2, 0.25) is 0 Å². The summed E-state index contributed by atoms with van der Waals surface area (Å²) in [6.45, 7) is 0. The maximum atomic E-state index is 13.5. The molecule has 0 aliphatic carbocycles. The van der Waals surface area contributed by atoms with Crippen molar-refractivity contribution < 1.29 is 35.8 Å². The van der Waals surface area contributed by atoms with Gasteiger partial charge in [-0.25, -0.2) is 0 Å². The first-order valence-electron chi connectivity index (χ1n) is 10.6. The number of hydrogen-bond donors (Lipinski definition) is 2. The molecule has 0 fully saturated rings. The number of ether oxygens (including phenoxy) is 2. The molecule has 4 aromatic rings. The van der Waals surface area contributed by atoms with Crippen molar-refractivity contribution in [3.63, 3.8) is 0 Å². The Labute approximate surface area is 211 Å². The minimum Gasteiger partial charge on any atom is -0.456 e. The van der Waals surface area contributed by atoms with Crippen LogP contribution in [0.5, 0.6) is 23.0 Å². The van der Waals surface area contributed by atoms with Crippen molar-refractivity contribution in [1.29, 1.82) is 0 Å². The molecular formula is C26H18F6N2O2S. The van der Waals surface area contributed by atoms with E-state index < -0.39 is 35.0 Å². The van der Waals surface area contributed by atoms with Crippen LogP contribution in [0.15, 0.2) is 94.7 Å². The molecule has 4 aromatic carbocycles. The van der Waals surface area contributed by atoms with Crippen LogP contribution in [-0.4, -0.2) is 0 Å². The van der Waals surface area contributed by atoms with Gasteiger partial charge < -0.3 is 20.9 Å². The third kappa shape index (κ3) is 6.23. The van der Waals surface area contributed by atoms with Gasteiger partial charge in [0.15, 0.2) is 0 Å². The van der Waals surface area contributed by atoms with Gasteiger partial charge in [-0.2, -0.15) is 26.3 Å². The highest BCUT2D eigenvalue weighted by molar-refractivity contribution is 7.99. The Morgan fingerprint density at radius 1 is 0.514 bits per heavy atom. The van der Waals surface area contributed by atoms with E-state index in [9.17, 15) is 26.3 Å². The van der Waals surface area contributed by atoms with Crippen LogP contribution in [0.1, 0.15) is 11.1 Å². The average molecular weight is 536 g/mol. The fourth-order valence-corrected chi connectivity index (χ4v) is 4.26. The zero-order chi connectivity index (χ0) is 26.8. The van der Waals surface area contributed by atoms with Gasteiger partial charge in [0, 0.05) is 11.4 Å². The van der Waals surface area contributed by atoms with Gasteiger partial charge in [-0.3, -0.25) is 0 Å². The highest BCUT2D eigenvalue weighted by atomic mass is 32.2. The predicted molar refractivity (Wildman–Crippen MR) is 129 cm³/mol. The molecule has 0 saturated carbocycles. The zero-order valence-electron chi connectivity index (χ0n) is 18.7. The standard InChI is InChI=1S/C26H18F6N2O2S/c27-25(28,29)17-13-15(33)9-11-19(17)35-21-5-1-3-7-23(21)37-24-8-4-2-6-22(24)36-20-12-10-16(34)14-18(20)26(30,31)32/h1-14H,33-34H2. The Morgan fingerprint density at radius 3 is 1.27 bits per heavy atom. The van der Waals surface area contributed by atoms with Crippen molar-refractivity contribution in [2.45, 2.75) is 22.1 Å². The maximum Gasteiger partial charge on any atom is 0.420 e. The fourth-order valence-electron chi connectivity index (χ4n) is 3.31. The van der Waals surface area contributed by atoms with E-state index in [0.29, 0.717) is 9.79 Å². The van der Waals surface area contributed by atoms with E-state index in [4.69, 9.17) is 20.9 Å². The molecule has 4 N–H and O–H groups in total. The number of halogens is 6. The first kappa shape index (κ1) is 26.1. The van der Waals surface area contributed by atoms with E-state index in [1.165, 1.54) is 24.3 Å². The van der Waals surface area contributed by atoms with Crippen LogP contribution in [-0.2, 0) is 12.4 Å². The van der Waals surface area contributed by atoms with Gasteiger partial charge in [-0.1, -0.05) is 36.0 Å². The van der Waals surface area contributed by atoms with E-state index in [0.717, 1.165) is 36.0 Å². The molecule has 0 spiro atoms. The molecule has 11 heteroatoms. The normalized spacial score (nSPS) is 11.8. The van der Waals surface area contributed by atoms with Crippen molar-refractivity contribution in [2.24, 2.45) is 0 Å². The van der Waals surface area contributed by atoms with E-state index >= 15 is 0 Å². The smallest absolute Gasteiger partial charge is 0.420 e. The molecule has 0 heterocycles. The molecule has 0 aliphatic heterocycles. The Morgan fingerprint density at radius 2 is 0.892 bits per heavy atom. The molecule has 0 amide bonds. The van der Waals surface area contributed by atoms with E-state index in [1.54, 1.807) is 36.4 Å². The van der Waals surface area contributed by atoms with Gasteiger partial charge in [0.25, 0.3) is 0 Å². The number of para-hydroxylation sites is 2. The summed E-state index contributed by atoms with van der Waals surface area (Å²) in [5.41, 5.74) is 8.81. The molecular weight excluding hydrogens is 518 g/mol. The summed E-state index contributed by atoms with van der Waals surface area (Å²) in [5.74, 6) is -0.700. The third-order valence-electron chi connectivity index (χ3n) is 4.98. The second-order valence-corrected chi connectivity index (χ2v) is 8.79. The summed E-state index contributed by atoms with van der Waals surface area (Å²) in [7, 11) is 0. The Balaban J connectivity index is 1.67. The largest absolute Gasteiger partial charge is 0.456 e. The van der Waals surface area contributed by atoms with Crippen LogP contribution in [0.25, 0.3) is 0 Å². The minimum atomic E-state index is -4.71. The lowest BCUT2D eigenvalue weighted by Crippen LogP contribution is -2.08. The lowest BCUT2D eigenvalue weighted by atomic mass is 10.1. The maximum absolute atomic E-state index is 13.5. The number of benzene rings is 4. The van der Waals surface area contributed by atoms with E-state index in [2.05, 4.69) is 0 Å². The zero-order valence-corrected chi connectivity index (χ0v) is 19.5. The molecule has 37 heavy (non-hydrogen) atoms. The first-order valence-corrected chi connectivity index (χ1v) is 11.4. The average Bonchev–Trinajstić information content (AvgIpc) is 2.82. The summed E-state index contributed by atoms with van der Waals surface area (Å²) in [4.78, 5) is 0.800. The molecule has 0 saturated heterocycles. The molecule has 0 radical (unpaired) electrons. The lowest BCUT2D eigenvalue weighted by Gasteiger charge is -2.18. The van der Waals surface area contributed by atoms with E-state index in [1.807, 2.05) is 0 Å². The number of alkyl halides is 6. The van der Waals surface area contributed by atoms with Crippen LogP contribution in [0, 0.1) is 0 Å². The monoisotopic (exact) mass is 536 g/mol. The molecule has 4 nitrogen and oxygen atoms in total. The molecule has 0 aliphatic rings. The van der Waals surface area contributed by atoms with Gasteiger partial charge in [0.1, 0.15) is 34.1 Å². The quantitative estimate of drug-likeness (QED) is 0.191. The van der Waals surface area contributed by atoms with Crippen LogP contribution in [0.4, 0.5) is 37.7 Å². The molecule has 4 rings (SSSR count). The van der Waals surface area contributed by atoms with Crippen molar-refractivity contribution in [1.82, 2.24) is 0 Å². The van der Waals surface area contributed by atoms with Gasteiger partial charge in [0.05, 0.1) is 9.79 Å². The number of rotatable bonds is 6. The van der Waals surface area contributed by atoms with Gasteiger partial charge in [0.2, 0.25) is 0 Å². The summed E-state index contributed by atoms with van der Waals surface area (Å²) < 4.78 is 92.5. The van der Waals surface area contributed by atoms with Gasteiger partial charge in [-0.15, -0.1) is 0 Å². The molecule has 0 atom stereocenters. The highest BCUT2D eigenvalue weighted by Gasteiger charge is 2.36. The number of anilines is 2. The SMILES string of the molecule is Nc1ccc(Oc2ccccc2Sc2ccccc2Oc2ccc(N)cc2C(F)(F)F)c(C(F)(F)F)c1. The van der Waals surface area contributed by atoms with Gasteiger partial charge in [-0.05, 0) is 60.7 Å². The predicted octanol–water partition coefficient (Wildman–Crippen LogP) is 8.62. The third-order valence-corrected chi connectivity index (χ3v) is 6.09. The number of hydrogen-bond acceptors (Lipinski definition) is 5. The number of nitrogen functional groups attached to an aromatic ring is 2. The van der Waals surface area contributed by atoms with Crippen molar-refractivity contribution >= 4 is 23.1 Å². The number of nitrogens with two attached hydrogens (primary N) is 2. The molecule has 0 aromatic heterocycles. The summed E-state index contributed by atoms with van der Waals surface area (Å²) in [6, 6.07) is 19.0. The Bertz CT molecular complexity index is 1320. The lowest BCUT2D eigenvalue weighted by molar-refractivity contribution is -0.139. The molecule has 0 bridgehead atoms. The summed E-state index contributed by atoms with van der Waals surface area (Å²) >= 11 is 1.05. The molecule has 0 unspecified atom stereocenters. The van der Waals surface area contributed by atoms with Crippen LogP contribution in [0.3, 0.4) is 0 Å². The summed E-state index contributed by atoms with van der Waals surface area (Å²) in [5, 5.41) is 0. The van der Waals surface area contributed by atoms with Crippen molar-refractivity contribution in [2.75, 3.05) is 11.5 Å². The second-order valence-electron chi connectivity index (χ2n) is 7.71. The first-order chi connectivity index (χ1) is 17.4. The Hall–Kier alpha value is -3.99. The Kier molecular flexibility index (Phi) is 7.17. The summed E-state index contributed by atoms with van der Waals surface area (Å²) in [6.07, 6.45) is -9.41. The van der Waals surface area contributed by atoms with Gasteiger partial charge >= 0.3 is 12.4 Å². The van der Waals surface area contributed by atoms with Crippen LogP contribution >= 0.6 is 11.8 Å². The fraction of sp³-hybridized carbons (Fsp3) is 0.0769. The molecule has 192 valence electrons.